The van der Waals surface area contributed by atoms with Crippen LogP contribution in [-0.2, 0) is 21.4 Å². The molecule has 3 aromatic carbocycles. The Morgan fingerprint density at radius 1 is 0.917 bits per heavy atom. The van der Waals surface area contributed by atoms with Crippen LogP contribution in [0.15, 0.2) is 65.6 Å². The molecule has 1 fully saturated rings. The first-order valence-electron chi connectivity index (χ1n) is 11.4. The maximum atomic E-state index is 14.1. The Hall–Kier alpha value is -2.43. The third-order valence-electron chi connectivity index (χ3n) is 6.27. The van der Waals surface area contributed by atoms with Crippen LogP contribution in [0.3, 0.4) is 0 Å². The molecule has 36 heavy (non-hydrogen) atoms. The van der Waals surface area contributed by atoms with E-state index in [9.17, 15) is 21.6 Å². The summed E-state index contributed by atoms with van der Waals surface area (Å²) >= 11 is 6.01. The second kappa shape index (κ2) is 11.3. The van der Waals surface area contributed by atoms with Crippen molar-refractivity contribution in [3.8, 4) is 0 Å². The fourth-order valence-corrected chi connectivity index (χ4v) is 5.62. The summed E-state index contributed by atoms with van der Waals surface area (Å²) in [5.41, 5.74) is 1.00. The van der Waals surface area contributed by atoms with Gasteiger partial charge in [0, 0.05) is 43.3 Å². The van der Waals surface area contributed by atoms with Gasteiger partial charge in [-0.3, -0.25) is 4.90 Å². The van der Waals surface area contributed by atoms with Gasteiger partial charge in [-0.15, -0.1) is 0 Å². The van der Waals surface area contributed by atoms with Crippen LogP contribution in [0.4, 0.5) is 13.2 Å². The second-order valence-corrected chi connectivity index (χ2v) is 11.0. The zero-order valence-corrected chi connectivity index (χ0v) is 21.2. The zero-order valence-electron chi connectivity index (χ0n) is 19.6. The van der Waals surface area contributed by atoms with E-state index in [2.05, 4.69) is 0 Å². The average molecular weight is 539 g/mol. The van der Waals surface area contributed by atoms with Crippen molar-refractivity contribution in [1.29, 1.82) is 0 Å². The quantitative estimate of drug-likeness (QED) is 0.389. The molecule has 0 radical (unpaired) electrons. The van der Waals surface area contributed by atoms with Crippen molar-refractivity contribution in [3.05, 3.63) is 99.8 Å². The summed E-state index contributed by atoms with van der Waals surface area (Å²) in [5, 5.41) is 0.545. The Bertz CT molecular complexity index is 1290. The molecule has 0 unspecified atom stereocenters. The lowest BCUT2D eigenvalue weighted by atomic mass is 10.1. The molecule has 1 saturated heterocycles. The highest BCUT2D eigenvalue weighted by molar-refractivity contribution is 7.89. The molecule has 4 rings (SSSR count). The highest BCUT2D eigenvalue weighted by Gasteiger charge is 2.30. The fourth-order valence-electron chi connectivity index (χ4n) is 4.06. The van der Waals surface area contributed by atoms with Gasteiger partial charge in [0.1, 0.15) is 17.5 Å². The first kappa shape index (κ1) is 26.6. The number of aryl methyl sites for hydroxylation is 1. The summed E-state index contributed by atoms with van der Waals surface area (Å²) in [6.45, 7) is 2.94. The second-order valence-electron chi connectivity index (χ2n) is 8.67. The topological polar surface area (TPSA) is 49.9 Å². The van der Waals surface area contributed by atoms with Gasteiger partial charge >= 0.3 is 0 Å². The molecular formula is C26H26ClF3N2O3S. The van der Waals surface area contributed by atoms with Gasteiger partial charge in [-0.05, 0) is 54.4 Å². The average Bonchev–Trinajstić information content (AvgIpc) is 2.85. The summed E-state index contributed by atoms with van der Waals surface area (Å²) in [6, 6.07) is 14.6. The lowest BCUT2D eigenvalue weighted by Crippen LogP contribution is -2.49. The van der Waals surface area contributed by atoms with Crippen LogP contribution in [0.25, 0.3) is 0 Å². The van der Waals surface area contributed by atoms with Crippen LogP contribution < -0.4 is 0 Å². The van der Waals surface area contributed by atoms with Gasteiger partial charge in [0.15, 0.2) is 0 Å². The van der Waals surface area contributed by atoms with Crippen LogP contribution in [-0.4, -0.2) is 50.3 Å². The smallest absolute Gasteiger partial charge is 0.243 e. The highest BCUT2D eigenvalue weighted by Crippen LogP contribution is 2.26. The minimum Gasteiger partial charge on any atom is -0.367 e. The standard InChI is InChI=1S/C26H26ClF3N2O3S/c1-18-5-10-21(15-25(18)30)36(33,34)32-13-11-31(12-14-32)16-26(19-6-8-20(27)9-7-19)35-17-22-23(28)3-2-4-24(22)29/h2-10,15,26H,11-14,16-17H2,1H3/t26-/m1/s1. The van der Waals surface area contributed by atoms with Crippen molar-refractivity contribution >= 4 is 21.6 Å². The first-order valence-corrected chi connectivity index (χ1v) is 13.3. The van der Waals surface area contributed by atoms with Gasteiger partial charge in [-0.25, -0.2) is 21.6 Å². The highest BCUT2D eigenvalue weighted by atomic mass is 35.5. The van der Waals surface area contributed by atoms with E-state index >= 15 is 0 Å². The van der Waals surface area contributed by atoms with Crippen LogP contribution in [0.2, 0.25) is 5.02 Å². The van der Waals surface area contributed by atoms with E-state index < -0.39 is 33.6 Å². The molecule has 0 aromatic heterocycles. The molecule has 192 valence electrons. The van der Waals surface area contributed by atoms with E-state index in [0.29, 0.717) is 30.2 Å². The molecule has 0 bridgehead atoms. The number of benzene rings is 3. The zero-order chi connectivity index (χ0) is 25.9. The normalized spacial score (nSPS) is 16.2. The largest absolute Gasteiger partial charge is 0.367 e. The van der Waals surface area contributed by atoms with E-state index in [-0.39, 0.29) is 30.2 Å². The van der Waals surface area contributed by atoms with E-state index in [1.54, 1.807) is 31.2 Å². The number of nitrogens with zero attached hydrogens (tertiary/aromatic N) is 2. The van der Waals surface area contributed by atoms with Crippen molar-refractivity contribution < 1.29 is 26.3 Å². The third kappa shape index (κ3) is 6.10. The lowest BCUT2D eigenvalue weighted by molar-refractivity contribution is 0.00546. The van der Waals surface area contributed by atoms with Gasteiger partial charge < -0.3 is 4.74 Å². The number of hydrogen-bond donors (Lipinski definition) is 0. The third-order valence-corrected chi connectivity index (χ3v) is 8.42. The molecule has 1 atom stereocenters. The summed E-state index contributed by atoms with van der Waals surface area (Å²) in [6.07, 6.45) is -0.532. The van der Waals surface area contributed by atoms with E-state index in [4.69, 9.17) is 16.3 Å². The van der Waals surface area contributed by atoms with Gasteiger partial charge in [0.2, 0.25) is 10.0 Å². The Kier molecular flexibility index (Phi) is 8.37. The van der Waals surface area contributed by atoms with Crippen LogP contribution >= 0.6 is 11.6 Å². The van der Waals surface area contributed by atoms with Crippen LogP contribution in [0.5, 0.6) is 0 Å². The number of ether oxygens (including phenoxy) is 1. The van der Waals surface area contributed by atoms with Crippen molar-refractivity contribution in [2.24, 2.45) is 0 Å². The first-order chi connectivity index (χ1) is 17.1. The van der Waals surface area contributed by atoms with E-state index in [1.165, 1.54) is 34.6 Å². The number of hydrogen-bond acceptors (Lipinski definition) is 4. The van der Waals surface area contributed by atoms with Gasteiger partial charge in [0.25, 0.3) is 0 Å². The number of rotatable bonds is 8. The molecule has 0 aliphatic carbocycles. The summed E-state index contributed by atoms with van der Waals surface area (Å²) in [5.74, 6) is -1.93. The molecule has 1 aliphatic rings. The lowest BCUT2D eigenvalue weighted by Gasteiger charge is -2.36. The van der Waals surface area contributed by atoms with E-state index in [1.807, 2.05) is 4.90 Å². The molecular weight excluding hydrogens is 513 g/mol. The Balaban J connectivity index is 1.44. The predicted molar refractivity (Wildman–Crippen MR) is 132 cm³/mol. The molecule has 0 amide bonds. The summed E-state index contributed by atoms with van der Waals surface area (Å²) in [4.78, 5) is 1.95. The Labute approximate surface area is 214 Å². The minimum atomic E-state index is -3.83. The van der Waals surface area contributed by atoms with Crippen LogP contribution in [0, 0.1) is 24.4 Å². The van der Waals surface area contributed by atoms with Gasteiger partial charge in [0.05, 0.1) is 17.6 Å². The number of halogens is 4. The molecule has 10 heteroatoms. The maximum absolute atomic E-state index is 14.1. The van der Waals surface area contributed by atoms with Gasteiger partial charge in [-0.1, -0.05) is 35.9 Å². The predicted octanol–water partition coefficient (Wildman–Crippen LogP) is 5.33. The number of piperazine rings is 1. The van der Waals surface area contributed by atoms with Crippen LogP contribution in [0.1, 0.15) is 22.8 Å². The summed E-state index contributed by atoms with van der Waals surface area (Å²) < 4.78 is 75.5. The van der Waals surface area contributed by atoms with Crippen molar-refractivity contribution in [1.82, 2.24) is 9.21 Å². The molecule has 0 N–H and O–H groups in total. The molecule has 1 aliphatic heterocycles. The minimum absolute atomic E-state index is 0.0756. The maximum Gasteiger partial charge on any atom is 0.243 e. The molecule has 3 aromatic rings. The number of sulfonamides is 1. The monoisotopic (exact) mass is 538 g/mol. The summed E-state index contributed by atoms with van der Waals surface area (Å²) in [7, 11) is -3.83. The Morgan fingerprint density at radius 3 is 2.17 bits per heavy atom. The van der Waals surface area contributed by atoms with Crippen molar-refractivity contribution in [2.75, 3.05) is 32.7 Å². The van der Waals surface area contributed by atoms with Gasteiger partial charge in [-0.2, -0.15) is 4.31 Å². The Morgan fingerprint density at radius 2 is 1.56 bits per heavy atom. The van der Waals surface area contributed by atoms with Crippen molar-refractivity contribution in [3.63, 3.8) is 0 Å². The fraction of sp³-hybridized carbons (Fsp3) is 0.308. The molecule has 0 spiro atoms. The van der Waals surface area contributed by atoms with Crippen molar-refractivity contribution in [2.45, 2.75) is 24.5 Å². The van der Waals surface area contributed by atoms with E-state index in [0.717, 1.165) is 11.6 Å². The SMILES string of the molecule is Cc1ccc(S(=O)(=O)N2CCN(C[C@@H](OCc3c(F)cccc3F)c3ccc(Cl)cc3)CC2)cc1F. The molecule has 1 heterocycles. The molecule has 5 nitrogen and oxygen atoms in total. The molecule has 0 saturated carbocycles.